The fourth-order valence-electron chi connectivity index (χ4n) is 7.48. The number of benzene rings is 2. The fraction of sp³-hybridized carbons (Fsp3) is 0.379. The number of nitrogens with one attached hydrogen (secondary N) is 2. The third-order valence-corrected chi connectivity index (χ3v) is 11.5. The lowest BCUT2D eigenvalue weighted by Crippen LogP contribution is -2.42. The number of aromatic amines is 1. The SMILES string of the molecule is CCOc1cc(C2c3sc(=O)[nH]c3SC3C4CC(C5C(=O)N(CC(=O)Nc6ccc(F)cc6)C(=O)C45)C23)ccc1O. The molecule has 7 unspecified atom stereocenters. The minimum Gasteiger partial charge on any atom is -0.504 e. The maximum absolute atomic E-state index is 13.7. The normalized spacial score (nSPS) is 29.3. The molecule has 2 aliphatic carbocycles. The molecule has 4 aliphatic rings. The van der Waals surface area contributed by atoms with Gasteiger partial charge < -0.3 is 20.1 Å². The highest BCUT2D eigenvalue weighted by atomic mass is 32.2. The second-order valence-corrected chi connectivity index (χ2v) is 13.1. The summed E-state index contributed by atoms with van der Waals surface area (Å²) in [4.78, 5) is 57.4. The molecule has 2 aromatic carbocycles. The van der Waals surface area contributed by atoms with Crippen LogP contribution in [-0.2, 0) is 14.4 Å². The highest BCUT2D eigenvalue weighted by Gasteiger charge is 2.69. The molecule has 3 fully saturated rings. The van der Waals surface area contributed by atoms with Crippen LogP contribution in [0.2, 0.25) is 0 Å². The molecule has 3 aromatic rings. The minimum absolute atomic E-state index is 0.00177. The number of aromatic nitrogens is 1. The number of rotatable bonds is 6. The number of thioether (sulfide) groups is 1. The van der Waals surface area contributed by atoms with Crippen LogP contribution in [0.4, 0.5) is 10.1 Å². The van der Waals surface area contributed by atoms with Crippen LogP contribution in [0.25, 0.3) is 0 Å². The first-order valence-electron chi connectivity index (χ1n) is 13.5. The summed E-state index contributed by atoms with van der Waals surface area (Å²) < 4.78 is 18.9. The van der Waals surface area contributed by atoms with Crippen molar-refractivity contribution in [1.29, 1.82) is 0 Å². The molecule has 12 heteroatoms. The highest BCUT2D eigenvalue weighted by molar-refractivity contribution is 8.00. The van der Waals surface area contributed by atoms with Crippen molar-refractivity contribution in [2.45, 2.75) is 29.5 Å². The number of carbonyl (C=O) groups is 3. The van der Waals surface area contributed by atoms with E-state index >= 15 is 0 Å². The number of aromatic hydroxyl groups is 1. The van der Waals surface area contributed by atoms with Gasteiger partial charge in [-0.25, -0.2) is 4.39 Å². The van der Waals surface area contributed by atoms with Crippen molar-refractivity contribution in [3.63, 3.8) is 0 Å². The Hall–Kier alpha value is -3.64. The van der Waals surface area contributed by atoms with Gasteiger partial charge in [0.15, 0.2) is 11.5 Å². The second kappa shape index (κ2) is 9.73. The lowest BCUT2D eigenvalue weighted by molar-refractivity contribution is -0.143. The standard InChI is InChI=1S/C29H26FN3O6S2/c1-2-39-18-9-12(3-8-17(18)34)20-21-15-10-16(24(21)40-26-25(20)41-29(38)32-26)23-22(15)27(36)33(28(23)37)11-19(35)31-14-6-4-13(30)5-7-14/h3-9,15-16,20-24,34H,2,10-11H2,1H3,(H,31,35)(H,32,38). The number of H-pyrrole nitrogens is 1. The zero-order chi connectivity index (χ0) is 28.6. The minimum atomic E-state index is -0.531. The maximum Gasteiger partial charge on any atom is 0.305 e. The molecule has 7 atom stereocenters. The van der Waals surface area contributed by atoms with Crippen molar-refractivity contribution in [1.82, 2.24) is 9.88 Å². The van der Waals surface area contributed by atoms with Crippen molar-refractivity contribution < 1.29 is 28.6 Å². The van der Waals surface area contributed by atoms with Gasteiger partial charge in [0, 0.05) is 21.7 Å². The Morgan fingerprint density at radius 1 is 1.12 bits per heavy atom. The van der Waals surface area contributed by atoms with E-state index in [4.69, 9.17) is 4.74 Å². The van der Waals surface area contributed by atoms with Gasteiger partial charge in [-0.15, -0.1) is 11.8 Å². The molecule has 0 radical (unpaired) electrons. The van der Waals surface area contributed by atoms with Gasteiger partial charge in [0.25, 0.3) is 0 Å². The van der Waals surface area contributed by atoms with E-state index in [1.807, 2.05) is 19.1 Å². The Balaban J connectivity index is 1.20. The summed E-state index contributed by atoms with van der Waals surface area (Å²) in [5.74, 6) is -2.70. The average molecular weight is 596 g/mol. The number of ether oxygens (including phenoxy) is 1. The number of carbonyl (C=O) groups excluding carboxylic acids is 3. The average Bonchev–Trinajstić information content (AvgIpc) is 3.67. The Bertz CT molecular complexity index is 1640. The summed E-state index contributed by atoms with van der Waals surface area (Å²) in [5, 5.41) is 13.7. The number of nitrogens with zero attached hydrogens (tertiary/aromatic N) is 1. The molecule has 1 saturated heterocycles. The summed E-state index contributed by atoms with van der Waals surface area (Å²) in [6, 6.07) is 10.5. The lowest BCUT2D eigenvalue weighted by atomic mass is 9.68. The van der Waals surface area contributed by atoms with E-state index in [0.29, 0.717) is 18.0 Å². The summed E-state index contributed by atoms with van der Waals surface area (Å²) >= 11 is 2.74. The molecule has 0 spiro atoms. The molecular weight excluding hydrogens is 569 g/mol. The lowest BCUT2D eigenvalue weighted by Gasteiger charge is -2.43. The van der Waals surface area contributed by atoms with Crippen LogP contribution in [0.15, 0.2) is 52.3 Å². The van der Waals surface area contributed by atoms with Gasteiger partial charge in [0.05, 0.1) is 23.5 Å². The highest BCUT2D eigenvalue weighted by Crippen LogP contribution is 2.68. The van der Waals surface area contributed by atoms with Crippen molar-refractivity contribution in [3.05, 3.63) is 68.4 Å². The predicted octanol–water partition coefficient (Wildman–Crippen LogP) is 3.79. The molecule has 3 amide bonds. The number of hydrogen-bond donors (Lipinski definition) is 3. The molecule has 212 valence electrons. The summed E-state index contributed by atoms with van der Waals surface area (Å²) in [6.45, 7) is 1.81. The number of likely N-dealkylation sites (tertiary alicyclic amines) is 1. The number of phenols is 1. The van der Waals surface area contributed by atoms with E-state index < -0.39 is 30.1 Å². The van der Waals surface area contributed by atoms with E-state index in [-0.39, 0.29) is 51.4 Å². The molecule has 7 rings (SSSR count). The Morgan fingerprint density at radius 3 is 2.59 bits per heavy atom. The monoisotopic (exact) mass is 595 g/mol. The van der Waals surface area contributed by atoms with Crippen LogP contribution < -0.4 is 14.9 Å². The van der Waals surface area contributed by atoms with Crippen LogP contribution in [-0.4, -0.2) is 51.1 Å². The molecule has 2 saturated carbocycles. The van der Waals surface area contributed by atoms with E-state index in [1.54, 1.807) is 17.8 Å². The smallest absolute Gasteiger partial charge is 0.305 e. The van der Waals surface area contributed by atoms with E-state index in [9.17, 15) is 28.7 Å². The zero-order valence-electron chi connectivity index (χ0n) is 21.8. The van der Waals surface area contributed by atoms with Gasteiger partial charge in [0.1, 0.15) is 12.4 Å². The third kappa shape index (κ3) is 4.10. The maximum atomic E-state index is 13.7. The number of halogens is 1. The summed E-state index contributed by atoms with van der Waals surface area (Å²) in [7, 11) is 0. The van der Waals surface area contributed by atoms with Crippen molar-refractivity contribution in [2.75, 3.05) is 18.5 Å². The summed E-state index contributed by atoms with van der Waals surface area (Å²) in [6.07, 6.45) is 0.719. The quantitative estimate of drug-likeness (QED) is 0.370. The van der Waals surface area contributed by atoms with E-state index in [2.05, 4.69) is 10.3 Å². The molecule has 3 heterocycles. The molecule has 2 aliphatic heterocycles. The predicted molar refractivity (Wildman–Crippen MR) is 150 cm³/mol. The van der Waals surface area contributed by atoms with Crippen LogP contribution in [0.3, 0.4) is 0 Å². The fourth-order valence-corrected chi connectivity index (χ4v) is 10.4. The Labute approximate surface area is 242 Å². The number of anilines is 1. The molecule has 3 N–H and O–H groups in total. The van der Waals surface area contributed by atoms with Crippen molar-refractivity contribution >= 4 is 46.5 Å². The van der Waals surface area contributed by atoms with Gasteiger partial charge in [-0.05, 0) is 73.1 Å². The number of fused-ring (bicyclic) bond motifs is 9. The van der Waals surface area contributed by atoms with Crippen LogP contribution >= 0.6 is 23.1 Å². The molecule has 9 nitrogen and oxygen atoms in total. The van der Waals surface area contributed by atoms with Crippen molar-refractivity contribution in [3.8, 4) is 11.5 Å². The van der Waals surface area contributed by atoms with Crippen LogP contribution in [0, 0.1) is 35.4 Å². The molecule has 1 aromatic heterocycles. The zero-order valence-corrected chi connectivity index (χ0v) is 23.5. The first-order chi connectivity index (χ1) is 19.7. The van der Waals surface area contributed by atoms with Gasteiger partial charge in [-0.3, -0.25) is 24.1 Å². The first kappa shape index (κ1) is 26.3. The third-order valence-electron chi connectivity index (χ3n) is 8.89. The number of thiazole rings is 1. The Morgan fingerprint density at radius 2 is 1.85 bits per heavy atom. The number of amides is 3. The Kier molecular flexibility index (Phi) is 6.23. The molecule has 41 heavy (non-hydrogen) atoms. The topological polar surface area (TPSA) is 129 Å². The van der Waals surface area contributed by atoms with Crippen LogP contribution in [0.5, 0.6) is 11.5 Å². The molecular formula is C29H26FN3O6S2. The van der Waals surface area contributed by atoms with Crippen molar-refractivity contribution in [2.24, 2.45) is 29.6 Å². The van der Waals surface area contributed by atoms with Crippen LogP contribution in [0.1, 0.15) is 29.7 Å². The number of phenolic OH excluding ortho intramolecular Hbond substituents is 1. The number of imide groups is 1. The largest absolute Gasteiger partial charge is 0.504 e. The van der Waals surface area contributed by atoms with E-state index in [0.717, 1.165) is 38.1 Å². The molecule has 2 bridgehead atoms. The van der Waals surface area contributed by atoms with Gasteiger partial charge in [0.2, 0.25) is 17.7 Å². The van der Waals surface area contributed by atoms with E-state index in [1.165, 1.54) is 24.3 Å². The number of hydrogen-bond acceptors (Lipinski definition) is 8. The van der Waals surface area contributed by atoms with Gasteiger partial charge in [-0.1, -0.05) is 17.4 Å². The summed E-state index contributed by atoms with van der Waals surface area (Å²) in [5.41, 5.74) is 1.26. The van der Waals surface area contributed by atoms with Gasteiger partial charge in [-0.2, -0.15) is 0 Å². The second-order valence-electron chi connectivity index (χ2n) is 10.9. The van der Waals surface area contributed by atoms with Gasteiger partial charge >= 0.3 is 4.87 Å². The first-order valence-corrected chi connectivity index (χ1v) is 15.2.